The zero-order valence-electron chi connectivity index (χ0n) is 22.4. The molecular formula is C28H28Cl2F3N4O3P. The molecule has 3 aromatic rings. The van der Waals surface area contributed by atoms with E-state index in [1.807, 2.05) is 30.7 Å². The summed E-state index contributed by atoms with van der Waals surface area (Å²) in [5.74, 6) is 0.311. The minimum atomic E-state index is -4.57. The third kappa shape index (κ3) is 5.68. The van der Waals surface area contributed by atoms with Gasteiger partial charge in [0.25, 0.3) is 0 Å². The van der Waals surface area contributed by atoms with Crippen LogP contribution in [0.1, 0.15) is 19.4 Å². The highest BCUT2D eigenvalue weighted by Crippen LogP contribution is 2.63. The molecule has 1 saturated heterocycles. The number of carbonyl (C=O) groups excluding carboxylic acids is 1. The topological polar surface area (TPSA) is 57.6 Å². The standard InChI is InChI=1S/C28H28Cl2F3N4O3P/c1-3-35(4-2)21-9-11-26-25(18-21)40-27(38)37(22-8-10-23(29)24(30)17-22)41(26,36-12-14-39-15-13-36)34-20-7-5-6-19(16-20)28(31,32)33/h5-11,16-18H,3-4,12-15H2,1-2H3/t41-/m0/s1. The first-order chi connectivity index (χ1) is 19.6. The van der Waals surface area contributed by atoms with Gasteiger partial charge in [0.2, 0.25) is 0 Å². The smallest absolute Gasteiger partial charge is 0.409 e. The number of carbonyl (C=O) groups is 1. The van der Waals surface area contributed by atoms with E-state index in [1.165, 1.54) is 22.9 Å². The molecule has 5 rings (SSSR count). The van der Waals surface area contributed by atoms with E-state index in [0.29, 0.717) is 43.0 Å². The van der Waals surface area contributed by atoms with Gasteiger partial charge in [0, 0.05) is 37.9 Å². The number of amides is 1. The summed E-state index contributed by atoms with van der Waals surface area (Å²) in [6.45, 7) is 7.00. The lowest BCUT2D eigenvalue weighted by Crippen LogP contribution is -2.49. The Bertz CT molecular complexity index is 1510. The maximum Gasteiger partial charge on any atom is 0.425 e. The molecule has 0 aromatic heterocycles. The molecule has 3 aromatic carbocycles. The van der Waals surface area contributed by atoms with E-state index in [-0.39, 0.29) is 15.7 Å². The lowest BCUT2D eigenvalue weighted by molar-refractivity contribution is -0.137. The van der Waals surface area contributed by atoms with Crippen LogP contribution in [0, 0.1) is 0 Å². The second-order valence-electron chi connectivity index (χ2n) is 9.38. The number of rotatable bonds is 6. The number of morpholine rings is 1. The first-order valence-corrected chi connectivity index (χ1v) is 15.5. The van der Waals surface area contributed by atoms with Crippen LogP contribution in [0.5, 0.6) is 5.75 Å². The van der Waals surface area contributed by atoms with Crippen LogP contribution in [0.4, 0.5) is 35.0 Å². The van der Waals surface area contributed by atoms with Crippen LogP contribution in [0.2, 0.25) is 10.0 Å². The van der Waals surface area contributed by atoms with Crippen LogP contribution in [-0.2, 0) is 10.9 Å². The van der Waals surface area contributed by atoms with Crippen molar-refractivity contribution < 1.29 is 27.4 Å². The van der Waals surface area contributed by atoms with Crippen molar-refractivity contribution in [1.82, 2.24) is 4.67 Å². The Labute approximate surface area is 246 Å². The van der Waals surface area contributed by atoms with Crippen LogP contribution in [-0.4, -0.2) is 50.2 Å². The van der Waals surface area contributed by atoms with Crippen LogP contribution >= 0.6 is 30.6 Å². The molecule has 218 valence electrons. The molecule has 0 spiro atoms. The van der Waals surface area contributed by atoms with Gasteiger partial charge in [-0.05, 0) is 62.4 Å². The van der Waals surface area contributed by atoms with E-state index >= 15 is 0 Å². The molecule has 0 radical (unpaired) electrons. The fraction of sp³-hybridized carbons (Fsp3) is 0.321. The van der Waals surface area contributed by atoms with Crippen molar-refractivity contribution in [2.24, 2.45) is 4.74 Å². The third-order valence-electron chi connectivity index (χ3n) is 7.00. The Morgan fingerprint density at radius 1 is 0.976 bits per heavy atom. The first-order valence-electron chi connectivity index (χ1n) is 13.1. The zero-order chi connectivity index (χ0) is 29.4. The van der Waals surface area contributed by atoms with E-state index in [4.69, 9.17) is 37.4 Å². The quantitative estimate of drug-likeness (QED) is 0.258. The predicted octanol–water partition coefficient (Wildman–Crippen LogP) is 8.20. The molecule has 13 heteroatoms. The van der Waals surface area contributed by atoms with Crippen molar-refractivity contribution in [1.29, 1.82) is 0 Å². The molecule has 1 fully saturated rings. The van der Waals surface area contributed by atoms with Gasteiger partial charge < -0.3 is 14.4 Å². The Hall–Kier alpha value is -2.75. The SMILES string of the molecule is CCN(CC)c1ccc2c(c1)OC(=O)N(c1ccc(Cl)c(Cl)c1)[P@@]2(=Nc1cccc(C(F)(F)F)c1)N1CCOCC1. The number of nitrogens with zero attached hydrogens (tertiary/aromatic N) is 4. The van der Waals surface area contributed by atoms with Crippen LogP contribution in [0.25, 0.3) is 0 Å². The Morgan fingerprint density at radius 2 is 1.71 bits per heavy atom. The molecule has 0 saturated carbocycles. The summed E-state index contributed by atoms with van der Waals surface area (Å²) >= 11 is 12.6. The first kappa shape index (κ1) is 29.7. The second kappa shape index (κ2) is 11.9. The van der Waals surface area contributed by atoms with Crippen molar-refractivity contribution in [3.05, 3.63) is 76.3 Å². The minimum absolute atomic E-state index is 0.0816. The highest BCUT2D eigenvalue weighted by molar-refractivity contribution is 7.74. The number of alkyl halides is 3. The van der Waals surface area contributed by atoms with Crippen molar-refractivity contribution in [3.8, 4) is 5.75 Å². The largest absolute Gasteiger partial charge is 0.425 e. The fourth-order valence-corrected chi connectivity index (χ4v) is 8.99. The van der Waals surface area contributed by atoms with Crippen molar-refractivity contribution >= 4 is 59.0 Å². The highest BCUT2D eigenvalue weighted by atomic mass is 35.5. The lowest BCUT2D eigenvalue weighted by atomic mass is 10.2. The van der Waals surface area contributed by atoms with Gasteiger partial charge in [-0.15, -0.1) is 0 Å². The number of ether oxygens (including phenoxy) is 2. The number of fused-ring (bicyclic) bond motifs is 1. The number of hydrogen-bond donors (Lipinski definition) is 0. The van der Waals surface area contributed by atoms with E-state index < -0.39 is 25.2 Å². The zero-order valence-corrected chi connectivity index (χ0v) is 24.8. The van der Waals surface area contributed by atoms with Gasteiger partial charge in [-0.2, -0.15) is 13.2 Å². The third-order valence-corrected chi connectivity index (χ3v) is 11.4. The molecule has 7 nitrogen and oxygen atoms in total. The maximum absolute atomic E-state index is 14.0. The number of anilines is 2. The van der Waals surface area contributed by atoms with Gasteiger partial charge in [-0.3, -0.25) is 0 Å². The van der Waals surface area contributed by atoms with Crippen LogP contribution in [0.15, 0.2) is 65.4 Å². The highest BCUT2D eigenvalue weighted by Gasteiger charge is 2.48. The molecule has 2 aliphatic heterocycles. The van der Waals surface area contributed by atoms with Crippen LogP contribution < -0.4 is 19.6 Å². The summed E-state index contributed by atoms with van der Waals surface area (Å²) in [5, 5.41) is 1.09. The molecule has 41 heavy (non-hydrogen) atoms. The van der Waals surface area contributed by atoms with Gasteiger partial charge in [-0.1, -0.05) is 29.3 Å². The average Bonchev–Trinajstić information content (AvgIpc) is 2.95. The van der Waals surface area contributed by atoms with Gasteiger partial charge in [-0.25, -0.2) is 18.9 Å². The summed E-state index contributed by atoms with van der Waals surface area (Å²) in [7, 11) is -3.39. The van der Waals surface area contributed by atoms with E-state index in [1.54, 1.807) is 18.2 Å². The summed E-state index contributed by atoms with van der Waals surface area (Å²) in [5.41, 5.74) is 0.455. The maximum atomic E-state index is 14.0. The normalized spacial score (nSPS) is 19.5. The van der Waals surface area contributed by atoms with Crippen molar-refractivity contribution in [3.63, 3.8) is 0 Å². The fourth-order valence-electron chi connectivity index (χ4n) is 5.04. The summed E-state index contributed by atoms with van der Waals surface area (Å²) in [6, 6.07) is 15.1. The summed E-state index contributed by atoms with van der Waals surface area (Å²) in [4.78, 5) is 16.1. The molecule has 1 amide bonds. The monoisotopic (exact) mass is 626 g/mol. The van der Waals surface area contributed by atoms with Crippen molar-refractivity contribution in [2.45, 2.75) is 20.0 Å². The summed E-state index contributed by atoms with van der Waals surface area (Å²) < 4.78 is 61.3. The molecule has 2 heterocycles. The van der Waals surface area contributed by atoms with Gasteiger partial charge >= 0.3 is 12.3 Å². The molecule has 2 aliphatic rings. The van der Waals surface area contributed by atoms with Gasteiger partial charge in [0.15, 0.2) is 7.36 Å². The number of halogens is 5. The van der Waals surface area contributed by atoms with Gasteiger partial charge in [0.1, 0.15) is 5.75 Å². The van der Waals surface area contributed by atoms with E-state index in [2.05, 4.69) is 4.90 Å². The summed E-state index contributed by atoms with van der Waals surface area (Å²) in [6.07, 6.45) is -5.29. The van der Waals surface area contributed by atoms with Crippen molar-refractivity contribution in [2.75, 3.05) is 49.0 Å². The Balaban J connectivity index is 1.86. The van der Waals surface area contributed by atoms with E-state index in [0.717, 1.165) is 30.9 Å². The van der Waals surface area contributed by atoms with E-state index in [9.17, 15) is 18.0 Å². The Morgan fingerprint density at radius 3 is 2.37 bits per heavy atom. The predicted molar refractivity (Wildman–Crippen MR) is 157 cm³/mol. The molecular weight excluding hydrogens is 599 g/mol. The lowest BCUT2D eigenvalue weighted by Gasteiger charge is -2.47. The Kier molecular flexibility index (Phi) is 8.60. The minimum Gasteiger partial charge on any atom is -0.409 e. The van der Waals surface area contributed by atoms with Gasteiger partial charge in [0.05, 0.1) is 45.5 Å². The van der Waals surface area contributed by atoms with Crippen LogP contribution in [0.3, 0.4) is 0 Å². The molecule has 0 N–H and O–H groups in total. The number of benzene rings is 3. The second-order valence-corrected chi connectivity index (χ2v) is 13.0. The molecule has 0 aliphatic carbocycles. The molecule has 1 atom stereocenters. The average molecular weight is 627 g/mol. The molecule has 0 unspecified atom stereocenters. The number of hydrogen-bond acceptors (Lipinski definition) is 5. The molecule has 0 bridgehead atoms.